The summed E-state index contributed by atoms with van der Waals surface area (Å²) in [6.07, 6.45) is 4.76. The van der Waals surface area contributed by atoms with E-state index in [9.17, 15) is 9.18 Å². The molecule has 0 unspecified atom stereocenters. The lowest BCUT2D eigenvalue weighted by atomic mass is 10.1. The van der Waals surface area contributed by atoms with Crippen LogP contribution >= 0.6 is 0 Å². The van der Waals surface area contributed by atoms with E-state index < -0.39 is 0 Å². The minimum absolute atomic E-state index is 0.0361. The highest BCUT2D eigenvalue weighted by Crippen LogP contribution is 2.33. The van der Waals surface area contributed by atoms with Gasteiger partial charge in [-0.15, -0.1) is 0 Å². The summed E-state index contributed by atoms with van der Waals surface area (Å²) in [5.74, 6) is 1.96. The summed E-state index contributed by atoms with van der Waals surface area (Å²) in [4.78, 5) is 21.2. The van der Waals surface area contributed by atoms with E-state index in [0.717, 1.165) is 43.9 Å². The van der Waals surface area contributed by atoms with Crippen LogP contribution in [0.15, 0.2) is 53.1 Å². The summed E-state index contributed by atoms with van der Waals surface area (Å²) in [5, 5.41) is 4.18. The van der Waals surface area contributed by atoms with E-state index in [1.54, 1.807) is 0 Å². The van der Waals surface area contributed by atoms with Crippen molar-refractivity contribution in [2.45, 2.75) is 38.1 Å². The molecule has 0 atom stereocenters. The number of hydrogen-bond donors (Lipinski definition) is 0. The molecule has 0 spiro atoms. The van der Waals surface area contributed by atoms with Crippen LogP contribution in [0.5, 0.6) is 5.75 Å². The van der Waals surface area contributed by atoms with Crippen molar-refractivity contribution in [3.05, 3.63) is 65.8 Å². The summed E-state index contributed by atoms with van der Waals surface area (Å²) >= 11 is 0. The van der Waals surface area contributed by atoms with E-state index in [-0.39, 0.29) is 18.3 Å². The van der Waals surface area contributed by atoms with Gasteiger partial charge in [0.1, 0.15) is 11.6 Å². The van der Waals surface area contributed by atoms with Gasteiger partial charge in [0.15, 0.2) is 6.61 Å². The number of piperazine rings is 1. The standard InChI is InChI=1S/C26H29FN4O3/c27-22-9-11-23(12-10-22)33-18-24(32)31-15-13-30(14-16-31)17-19-5-7-20(8-6-19)25-28-26(34-29-25)21-3-1-2-4-21/h5-12,21H,1-4,13-18H2. The molecule has 34 heavy (non-hydrogen) atoms. The first-order chi connectivity index (χ1) is 16.6. The van der Waals surface area contributed by atoms with E-state index in [4.69, 9.17) is 9.26 Å². The molecule has 178 valence electrons. The Kier molecular flexibility index (Phi) is 6.85. The fraction of sp³-hybridized carbons (Fsp3) is 0.423. The summed E-state index contributed by atoms with van der Waals surface area (Å²) in [7, 11) is 0. The average molecular weight is 465 g/mol. The molecule has 7 nitrogen and oxygen atoms in total. The summed E-state index contributed by atoms with van der Waals surface area (Å²) in [6, 6.07) is 14.0. The van der Waals surface area contributed by atoms with Crippen molar-refractivity contribution in [2.24, 2.45) is 0 Å². The first kappa shape index (κ1) is 22.5. The van der Waals surface area contributed by atoms with Gasteiger partial charge in [-0.05, 0) is 42.7 Å². The summed E-state index contributed by atoms with van der Waals surface area (Å²) in [6.45, 7) is 3.73. The lowest BCUT2D eigenvalue weighted by Gasteiger charge is -2.34. The highest BCUT2D eigenvalue weighted by Gasteiger charge is 2.24. The van der Waals surface area contributed by atoms with E-state index >= 15 is 0 Å². The molecule has 1 aliphatic heterocycles. The Morgan fingerprint density at radius 2 is 1.71 bits per heavy atom. The van der Waals surface area contributed by atoms with Crippen molar-refractivity contribution in [3.63, 3.8) is 0 Å². The summed E-state index contributed by atoms with van der Waals surface area (Å²) < 4.78 is 24.0. The number of carbonyl (C=O) groups is 1. The first-order valence-electron chi connectivity index (χ1n) is 12.0. The van der Waals surface area contributed by atoms with Crippen molar-refractivity contribution in [3.8, 4) is 17.1 Å². The Morgan fingerprint density at radius 1 is 1.00 bits per heavy atom. The van der Waals surface area contributed by atoms with Gasteiger partial charge in [0.25, 0.3) is 5.91 Å². The second kappa shape index (κ2) is 10.3. The number of benzene rings is 2. The predicted molar refractivity (Wildman–Crippen MR) is 125 cm³/mol. The molecule has 0 radical (unpaired) electrons. The van der Waals surface area contributed by atoms with Crippen molar-refractivity contribution >= 4 is 5.91 Å². The SMILES string of the molecule is O=C(COc1ccc(F)cc1)N1CCN(Cc2ccc(-c3noc(C4CCCC4)n3)cc2)CC1. The highest BCUT2D eigenvalue weighted by atomic mass is 19.1. The fourth-order valence-corrected chi connectivity index (χ4v) is 4.63. The molecule has 1 aromatic heterocycles. The van der Waals surface area contributed by atoms with Gasteiger partial charge in [-0.3, -0.25) is 9.69 Å². The Morgan fingerprint density at radius 3 is 2.41 bits per heavy atom. The van der Waals surface area contributed by atoms with Gasteiger partial charge in [0.05, 0.1) is 0 Å². The second-order valence-corrected chi connectivity index (χ2v) is 9.03. The predicted octanol–water partition coefficient (Wildman–Crippen LogP) is 4.26. The number of halogens is 1. The number of ether oxygens (including phenoxy) is 1. The van der Waals surface area contributed by atoms with Gasteiger partial charge in [-0.25, -0.2) is 4.39 Å². The normalized spacial score (nSPS) is 17.3. The van der Waals surface area contributed by atoms with Crippen LogP contribution in [0.3, 0.4) is 0 Å². The Labute approximate surface area is 198 Å². The lowest BCUT2D eigenvalue weighted by Crippen LogP contribution is -2.49. The van der Waals surface area contributed by atoms with Crippen LogP contribution < -0.4 is 4.74 Å². The summed E-state index contributed by atoms with van der Waals surface area (Å²) in [5.41, 5.74) is 2.18. The zero-order chi connectivity index (χ0) is 23.3. The topological polar surface area (TPSA) is 71.7 Å². The fourth-order valence-electron chi connectivity index (χ4n) is 4.63. The molecule has 8 heteroatoms. The van der Waals surface area contributed by atoms with Gasteiger partial charge >= 0.3 is 0 Å². The number of carbonyl (C=O) groups excluding carboxylic acids is 1. The molecule has 2 fully saturated rings. The number of hydrogen-bond acceptors (Lipinski definition) is 6. The first-order valence-corrected chi connectivity index (χ1v) is 12.0. The Balaban J connectivity index is 1.08. The molecule has 2 heterocycles. The quantitative estimate of drug-likeness (QED) is 0.520. The molecule has 1 aliphatic carbocycles. The van der Waals surface area contributed by atoms with Gasteiger partial charge in [0.2, 0.25) is 11.7 Å². The van der Waals surface area contributed by atoms with Crippen LogP contribution in [0.2, 0.25) is 0 Å². The van der Waals surface area contributed by atoms with Crippen molar-refractivity contribution in [2.75, 3.05) is 32.8 Å². The third-order valence-corrected chi connectivity index (χ3v) is 6.67. The van der Waals surface area contributed by atoms with Gasteiger partial charge in [-0.1, -0.05) is 42.3 Å². The van der Waals surface area contributed by atoms with E-state index in [1.807, 2.05) is 17.0 Å². The van der Waals surface area contributed by atoms with E-state index in [2.05, 4.69) is 27.2 Å². The number of rotatable bonds is 7. The van der Waals surface area contributed by atoms with Crippen LogP contribution in [0.1, 0.15) is 43.1 Å². The molecule has 2 aliphatic rings. The minimum Gasteiger partial charge on any atom is -0.484 e. The van der Waals surface area contributed by atoms with Crippen LogP contribution in [0, 0.1) is 5.82 Å². The molecule has 1 amide bonds. The lowest BCUT2D eigenvalue weighted by molar-refractivity contribution is -0.135. The largest absolute Gasteiger partial charge is 0.484 e. The number of nitrogens with zero attached hydrogens (tertiary/aromatic N) is 4. The molecular formula is C26H29FN4O3. The maximum atomic E-state index is 13.0. The zero-order valence-corrected chi connectivity index (χ0v) is 19.2. The van der Waals surface area contributed by atoms with Crippen molar-refractivity contribution < 1.29 is 18.4 Å². The molecule has 5 rings (SSSR count). The van der Waals surface area contributed by atoms with Gasteiger partial charge in [0, 0.05) is 44.2 Å². The Bertz CT molecular complexity index is 1090. The average Bonchev–Trinajstić information content (AvgIpc) is 3.57. The molecule has 2 aromatic carbocycles. The molecule has 0 bridgehead atoms. The minimum atomic E-state index is -0.326. The van der Waals surface area contributed by atoms with Crippen LogP contribution in [-0.2, 0) is 11.3 Å². The number of aromatic nitrogens is 2. The molecule has 1 saturated carbocycles. The second-order valence-electron chi connectivity index (χ2n) is 9.03. The van der Waals surface area contributed by atoms with Crippen molar-refractivity contribution in [1.82, 2.24) is 19.9 Å². The maximum Gasteiger partial charge on any atom is 0.260 e. The zero-order valence-electron chi connectivity index (χ0n) is 19.2. The van der Waals surface area contributed by atoms with Gasteiger partial charge in [-0.2, -0.15) is 4.98 Å². The maximum absolute atomic E-state index is 13.0. The third kappa shape index (κ3) is 5.44. The molecule has 0 N–H and O–H groups in total. The number of amides is 1. The smallest absolute Gasteiger partial charge is 0.260 e. The molecule has 1 saturated heterocycles. The van der Waals surface area contributed by atoms with Crippen molar-refractivity contribution in [1.29, 1.82) is 0 Å². The van der Waals surface area contributed by atoms with Crippen LogP contribution in [0.4, 0.5) is 4.39 Å². The van der Waals surface area contributed by atoms with Crippen LogP contribution in [0.25, 0.3) is 11.4 Å². The molecule has 3 aromatic rings. The Hall–Kier alpha value is -3.26. The monoisotopic (exact) mass is 464 g/mol. The third-order valence-electron chi connectivity index (χ3n) is 6.67. The van der Waals surface area contributed by atoms with E-state index in [1.165, 1.54) is 42.7 Å². The van der Waals surface area contributed by atoms with Crippen LogP contribution in [-0.4, -0.2) is 58.6 Å². The molecular weight excluding hydrogens is 435 g/mol. The van der Waals surface area contributed by atoms with Gasteiger partial charge < -0.3 is 14.2 Å². The van der Waals surface area contributed by atoms with E-state index in [0.29, 0.717) is 30.6 Å². The highest BCUT2D eigenvalue weighted by molar-refractivity contribution is 5.77.